The average molecular weight is 277 g/mol. The molecule has 2 heteroatoms. The fourth-order valence-electron chi connectivity index (χ4n) is 2.77. The molecule has 1 aromatic carbocycles. The van der Waals surface area contributed by atoms with Crippen molar-refractivity contribution in [1.82, 2.24) is 5.32 Å². The van der Waals surface area contributed by atoms with Crippen LogP contribution in [-0.4, -0.2) is 18.3 Å². The summed E-state index contributed by atoms with van der Waals surface area (Å²) < 4.78 is 0. The van der Waals surface area contributed by atoms with E-state index in [1.165, 1.54) is 60.3 Å². The fraction of sp³-hybridized carbons (Fsp3) is 0.647. The molecule has 0 saturated heterocycles. The molecular weight excluding hydrogens is 250 g/mol. The van der Waals surface area contributed by atoms with Crippen LogP contribution in [0.1, 0.15) is 49.7 Å². The Kier molecular flexibility index (Phi) is 6.25. The van der Waals surface area contributed by atoms with E-state index in [4.69, 9.17) is 0 Å². The first-order valence-corrected chi connectivity index (χ1v) is 8.68. The van der Waals surface area contributed by atoms with Gasteiger partial charge in [0.15, 0.2) is 0 Å². The summed E-state index contributed by atoms with van der Waals surface area (Å²) in [7, 11) is 0. The molecule has 0 heterocycles. The number of thioether (sulfide) groups is 1. The largest absolute Gasteiger partial charge is 0.313 e. The van der Waals surface area contributed by atoms with Crippen LogP contribution in [0, 0.1) is 13.8 Å². The van der Waals surface area contributed by atoms with Crippen molar-refractivity contribution < 1.29 is 0 Å². The maximum atomic E-state index is 3.75. The second-order valence-electron chi connectivity index (χ2n) is 5.76. The molecule has 0 spiro atoms. The Labute approximate surface area is 122 Å². The van der Waals surface area contributed by atoms with E-state index >= 15 is 0 Å². The van der Waals surface area contributed by atoms with Gasteiger partial charge in [0, 0.05) is 23.2 Å². The second kappa shape index (κ2) is 7.96. The van der Waals surface area contributed by atoms with Crippen LogP contribution < -0.4 is 5.32 Å². The van der Waals surface area contributed by atoms with E-state index in [-0.39, 0.29) is 0 Å². The first kappa shape index (κ1) is 14.9. The summed E-state index contributed by atoms with van der Waals surface area (Å²) >= 11 is 1.99. The summed E-state index contributed by atoms with van der Waals surface area (Å²) in [5.74, 6) is 1.18. The Morgan fingerprint density at radius 2 is 1.84 bits per heavy atom. The van der Waals surface area contributed by atoms with E-state index in [0.29, 0.717) is 0 Å². The van der Waals surface area contributed by atoms with Crippen molar-refractivity contribution in [2.24, 2.45) is 0 Å². The molecular formula is C17H27NS. The number of benzene rings is 1. The smallest absolute Gasteiger partial charge is 0.0106 e. The van der Waals surface area contributed by atoms with Gasteiger partial charge in [0.1, 0.15) is 0 Å². The normalized spacial score (nSPS) is 17.4. The quantitative estimate of drug-likeness (QED) is 0.475. The van der Waals surface area contributed by atoms with Gasteiger partial charge in [-0.1, -0.05) is 43.4 Å². The lowest BCUT2D eigenvalue weighted by atomic mass is 10.1. The Hall–Kier alpha value is -0.470. The lowest BCUT2D eigenvalue weighted by molar-refractivity contribution is 0.474. The summed E-state index contributed by atoms with van der Waals surface area (Å²) in [6.45, 7) is 5.52. The number of nitrogens with one attached hydrogen (secondary N) is 1. The predicted octanol–water partition coefficient (Wildman–Crippen LogP) is 4.71. The zero-order valence-corrected chi connectivity index (χ0v) is 13.2. The Morgan fingerprint density at radius 1 is 1.11 bits per heavy atom. The predicted molar refractivity (Wildman–Crippen MR) is 86.1 cm³/mol. The monoisotopic (exact) mass is 277 g/mol. The van der Waals surface area contributed by atoms with E-state index < -0.39 is 0 Å². The molecule has 2 rings (SSSR count). The third-order valence-corrected chi connectivity index (χ3v) is 5.15. The van der Waals surface area contributed by atoms with Crippen molar-refractivity contribution in [1.29, 1.82) is 0 Å². The molecule has 19 heavy (non-hydrogen) atoms. The fourth-order valence-corrected chi connectivity index (χ4v) is 3.78. The van der Waals surface area contributed by atoms with Crippen molar-refractivity contribution in [2.75, 3.05) is 12.3 Å². The summed E-state index contributed by atoms with van der Waals surface area (Å²) in [4.78, 5) is 1.45. The van der Waals surface area contributed by atoms with E-state index in [2.05, 4.69) is 37.4 Å². The van der Waals surface area contributed by atoms with Crippen LogP contribution in [0.25, 0.3) is 0 Å². The van der Waals surface area contributed by atoms with Gasteiger partial charge in [-0.05, 0) is 38.3 Å². The van der Waals surface area contributed by atoms with Gasteiger partial charge in [-0.15, -0.1) is 11.8 Å². The minimum Gasteiger partial charge on any atom is -0.313 e. The third-order valence-electron chi connectivity index (χ3n) is 3.99. The van der Waals surface area contributed by atoms with E-state index in [9.17, 15) is 0 Å². The van der Waals surface area contributed by atoms with Crippen molar-refractivity contribution in [3.05, 3.63) is 29.3 Å². The molecule has 1 aliphatic rings. The van der Waals surface area contributed by atoms with Gasteiger partial charge >= 0.3 is 0 Å². The number of hydrogen-bond donors (Lipinski definition) is 1. The molecule has 0 aliphatic heterocycles. The molecule has 1 nitrogen and oxygen atoms in total. The van der Waals surface area contributed by atoms with Crippen molar-refractivity contribution in [3.63, 3.8) is 0 Å². The molecule has 0 unspecified atom stereocenters. The van der Waals surface area contributed by atoms with Gasteiger partial charge in [0.2, 0.25) is 0 Å². The zero-order chi connectivity index (χ0) is 13.5. The zero-order valence-electron chi connectivity index (χ0n) is 12.4. The molecule has 0 amide bonds. The van der Waals surface area contributed by atoms with E-state index in [0.717, 1.165) is 12.6 Å². The highest BCUT2D eigenvalue weighted by atomic mass is 32.2. The van der Waals surface area contributed by atoms with Gasteiger partial charge in [0.25, 0.3) is 0 Å². The second-order valence-corrected chi connectivity index (χ2v) is 6.90. The average Bonchev–Trinajstić information content (AvgIpc) is 2.67. The summed E-state index contributed by atoms with van der Waals surface area (Å²) in [6, 6.07) is 7.52. The maximum Gasteiger partial charge on any atom is 0.0106 e. The van der Waals surface area contributed by atoms with Crippen molar-refractivity contribution in [3.8, 4) is 0 Å². The number of rotatable bonds is 5. The van der Waals surface area contributed by atoms with Gasteiger partial charge in [-0.3, -0.25) is 0 Å². The Morgan fingerprint density at radius 3 is 2.58 bits per heavy atom. The lowest BCUT2D eigenvalue weighted by Crippen LogP contribution is -2.30. The SMILES string of the molecule is Cc1ccc(C)c(SCCNC2CCCCCC2)c1. The Balaban J connectivity index is 1.69. The third kappa shape index (κ3) is 5.19. The number of aryl methyl sites for hydroxylation is 2. The first-order valence-electron chi connectivity index (χ1n) is 7.69. The number of hydrogen-bond acceptors (Lipinski definition) is 2. The lowest BCUT2D eigenvalue weighted by Gasteiger charge is -2.16. The van der Waals surface area contributed by atoms with E-state index in [1.54, 1.807) is 0 Å². The Bertz CT molecular complexity index is 381. The van der Waals surface area contributed by atoms with Gasteiger partial charge in [-0.25, -0.2) is 0 Å². The molecule has 0 bridgehead atoms. The topological polar surface area (TPSA) is 12.0 Å². The van der Waals surface area contributed by atoms with Crippen molar-refractivity contribution in [2.45, 2.75) is 63.3 Å². The molecule has 1 fully saturated rings. The van der Waals surface area contributed by atoms with E-state index in [1.807, 2.05) is 11.8 Å². The highest BCUT2D eigenvalue weighted by Crippen LogP contribution is 2.23. The molecule has 106 valence electrons. The van der Waals surface area contributed by atoms with Gasteiger partial charge in [0.05, 0.1) is 0 Å². The summed E-state index contributed by atoms with van der Waals surface area (Å²) in [5.41, 5.74) is 2.77. The van der Waals surface area contributed by atoms with Crippen LogP contribution in [0.4, 0.5) is 0 Å². The standard InChI is InChI=1S/C17H27NS/c1-14-9-10-15(2)17(13-14)19-12-11-18-16-7-5-3-4-6-8-16/h9-10,13,16,18H,3-8,11-12H2,1-2H3. The van der Waals surface area contributed by atoms with Gasteiger partial charge in [-0.2, -0.15) is 0 Å². The van der Waals surface area contributed by atoms with Crippen LogP contribution in [-0.2, 0) is 0 Å². The minimum atomic E-state index is 0.779. The molecule has 1 saturated carbocycles. The molecule has 0 aromatic heterocycles. The maximum absolute atomic E-state index is 3.75. The summed E-state index contributed by atoms with van der Waals surface area (Å²) in [6.07, 6.45) is 8.48. The van der Waals surface area contributed by atoms with Crippen LogP contribution in [0.2, 0.25) is 0 Å². The molecule has 0 radical (unpaired) electrons. The molecule has 1 aliphatic carbocycles. The molecule has 0 atom stereocenters. The van der Waals surface area contributed by atoms with Crippen molar-refractivity contribution >= 4 is 11.8 Å². The minimum absolute atomic E-state index is 0.779. The highest BCUT2D eigenvalue weighted by molar-refractivity contribution is 7.99. The van der Waals surface area contributed by atoms with Crippen LogP contribution in [0.15, 0.2) is 23.1 Å². The summed E-state index contributed by atoms with van der Waals surface area (Å²) in [5, 5.41) is 3.75. The first-order chi connectivity index (χ1) is 9.25. The van der Waals surface area contributed by atoms with Gasteiger partial charge < -0.3 is 5.32 Å². The van der Waals surface area contributed by atoms with Crippen LogP contribution >= 0.6 is 11.8 Å². The highest BCUT2D eigenvalue weighted by Gasteiger charge is 2.10. The molecule has 1 N–H and O–H groups in total. The molecule has 1 aromatic rings. The van der Waals surface area contributed by atoms with Crippen LogP contribution in [0.5, 0.6) is 0 Å². The van der Waals surface area contributed by atoms with Crippen LogP contribution in [0.3, 0.4) is 0 Å².